The fourth-order valence-corrected chi connectivity index (χ4v) is 0.191. The molecule has 0 unspecified atom stereocenters. The van der Waals surface area contributed by atoms with Crippen LogP contribution in [-0.2, 0) is 4.74 Å². The molecule has 0 aliphatic heterocycles. The van der Waals surface area contributed by atoms with E-state index >= 15 is 0 Å². The topological polar surface area (TPSA) is 75.1 Å². The molecule has 0 fully saturated rings. The van der Waals surface area contributed by atoms with Crippen molar-refractivity contribution in [3.63, 3.8) is 0 Å². The van der Waals surface area contributed by atoms with Gasteiger partial charge in [-0.1, -0.05) is 0 Å². The van der Waals surface area contributed by atoms with E-state index in [4.69, 9.17) is 5.53 Å². The molecule has 0 heterocycles. The number of halogens is 1. The van der Waals surface area contributed by atoms with Gasteiger partial charge in [0.25, 0.3) is 0 Å². The fourth-order valence-electron chi connectivity index (χ4n) is 0.191. The first kappa shape index (κ1) is 7.71. The Morgan fingerprint density at radius 3 is 3.00 bits per heavy atom. The minimum absolute atomic E-state index is 0.363. The van der Waals surface area contributed by atoms with Gasteiger partial charge in [0, 0.05) is 10.0 Å². The maximum atomic E-state index is 11.2. The molecule has 50 valence electrons. The molecule has 5 nitrogen and oxygen atoms in total. The molecule has 0 aromatic rings. The van der Waals surface area contributed by atoms with Crippen LogP contribution in [0.15, 0.2) is 5.11 Å². The van der Waals surface area contributed by atoms with E-state index in [9.17, 15) is 9.18 Å². The van der Waals surface area contributed by atoms with Crippen molar-refractivity contribution in [3.05, 3.63) is 10.4 Å². The van der Waals surface area contributed by atoms with Crippen LogP contribution in [-0.4, -0.2) is 19.4 Å². The fraction of sp³-hybridized carbons (Fsp3) is 0.667. The van der Waals surface area contributed by atoms with Gasteiger partial charge in [-0.2, -0.15) is 0 Å². The standard InChI is InChI=1S/C3H4FN3O2/c4-1-2-9-3(8)6-7-5/h1-2H2. The summed E-state index contributed by atoms with van der Waals surface area (Å²) in [4.78, 5) is 12.1. The van der Waals surface area contributed by atoms with Gasteiger partial charge in [0.2, 0.25) is 0 Å². The van der Waals surface area contributed by atoms with Crippen LogP contribution in [0.2, 0.25) is 0 Å². The maximum absolute atomic E-state index is 11.2. The predicted octanol–water partition coefficient (Wildman–Crippen LogP) is 1.40. The van der Waals surface area contributed by atoms with Crippen LogP contribution < -0.4 is 0 Å². The first-order valence-electron chi connectivity index (χ1n) is 2.09. The van der Waals surface area contributed by atoms with E-state index in [-0.39, 0.29) is 6.61 Å². The van der Waals surface area contributed by atoms with Crippen molar-refractivity contribution in [2.75, 3.05) is 13.3 Å². The SMILES string of the molecule is [N-]=[N+]=NC(=O)OCCF. The highest BCUT2D eigenvalue weighted by atomic mass is 19.1. The summed E-state index contributed by atoms with van der Waals surface area (Å²) < 4.78 is 15.2. The highest BCUT2D eigenvalue weighted by Gasteiger charge is 1.94. The van der Waals surface area contributed by atoms with E-state index in [1.54, 1.807) is 0 Å². The molecule has 0 N–H and O–H groups in total. The second-order valence-corrected chi connectivity index (χ2v) is 0.993. The molecule has 0 saturated heterocycles. The summed E-state index contributed by atoms with van der Waals surface area (Å²) in [6.45, 7) is -1.13. The van der Waals surface area contributed by atoms with Crippen molar-refractivity contribution in [1.29, 1.82) is 0 Å². The summed E-state index contributed by atoms with van der Waals surface area (Å²) in [7, 11) is 0. The van der Waals surface area contributed by atoms with Crippen LogP contribution in [0.25, 0.3) is 10.4 Å². The maximum Gasteiger partial charge on any atom is 0.396 e. The molecule has 6 heteroatoms. The summed E-state index contributed by atoms with van der Waals surface area (Å²) >= 11 is 0. The zero-order chi connectivity index (χ0) is 7.11. The van der Waals surface area contributed by atoms with Crippen molar-refractivity contribution in [1.82, 2.24) is 0 Å². The molecule has 0 aromatic carbocycles. The summed E-state index contributed by atoms with van der Waals surface area (Å²) in [5, 5.41) is 2.51. The second-order valence-electron chi connectivity index (χ2n) is 0.993. The Balaban J connectivity index is 3.39. The Morgan fingerprint density at radius 2 is 2.56 bits per heavy atom. The van der Waals surface area contributed by atoms with Crippen LogP contribution >= 0.6 is 0 Å². The molecular formula is C3H4FN3O2. The number of amides is 1. The van der Waals surface area contributed by atoms with Crippen LogP contribution in [0.4, 0.5) is 9.18 Å². The molecule has 0 aromatic heterocycles. The van der Waals surface area contributed by atoms with Gasteiger partial charge in [0.05, 0.1) is 0 Å². The molecule has 0 aliphatic carbocycles. The number of hydrogen-bond donors (Lipinski definition) is 0. The number of ether oxygens (including phenoxy) is 1. The zero-order valence-electron chi connectivity index (χ0n) is 4.45. The van der Waals surface area contributed by atoms with Crippen LogP contribution in [0.1, 0.15) is 0 Å². The summed E-state index contributed by atoms with van der Waals surface area (Å²) in [5.41, 5.74) is 7.60. The average molecular weight is 133 g/mol. The van der Waals surface area contributed by atoms with Crippen molar-refractivity contribution in [2.45, 2.75) is 0 Å². The van der Waals surface area contributed by atoms with Gasteiger partial charge in [0.15, 0.2) is 0 Å². The summed E-state index contributed by atoms with van der Waals surface area (Å²) in [6.07, 6.45) is -1.10. The van der Waals surface area contributed by atoms with Crippen molar-refractivity contribution in [3.8, 4) is 0 Å². The van der Waals surface area contributed by atoms with Gasteiger partial charge >= 0.3 is 6.09 Å². The van der Waals surface area contributed by atoms with E-state index in [2.05, 4.69) is 14.8 Å². The molecule has 9 heavy (non-hydrogen) atoms. The Labute approximate surface area is 50.0 Å². The lowest BCUT2D eigenvalue weighted by Crippen LogP contribution is -2.00. The Morgan fingerprint density at radius 1 is 1.89 bits per heavy atom. The van der Waals surface area contributed by atoms with E-state index in [1.807, 2.05) is 0 Å². The van der Waals surface area contributed by atoms with Crippen LogP contribution in [0.5, 0.6) is 0 Å². The Bertz CT molecular complexity index is 142. The first-order valence-corrected chi connectivity index (χ1v) is 2.09. The smallest absolute Gasteiger partial charge is 0.396 e. The lowest BCUT2D eigenvalue weighted by atomic mass is 10.8. The Hall–Kier alpha value is -1.29. The number of carbonyl (C=O) groups excluding carboxylic acids is 1. The third kappa shape index (κ3) is 4.57. The lowest BCUT2D eigenvalue weighted by Gasteiger charge is -1.92. The van der Waals surface area contributed by atoms with Crippen molar-refractivity contribution >= 4 is 6.09 Å². The molecule has 0 bridgehead atoms. The zero-order valence-corrected chi connectivity index (χ0v) is 4.45. The van der Waals surface area contributed by atoms with E-state index in [0.717, 1.165) is 0 Å². The first-order chi connectivity index (χ1) is 4.31. The van der Waals surface area contributed by atoms with Crippen LogP contribution in [0, 0.1) is 0 Å². The monoisotopic (exact) mass is 133 g/mol. The molecule has 0 saturated carbocycles. The lowest BCUT2D eigenvalue weighted by molar-refractivity contribution is 0.147. The van der Waals surface area contributed by atoms with Gasteiger partial charge in [-0.3, -0.25) is 0 Å². The molecule has 0 spiro atoms. The minimum Gasteiger partial charge on any atom is -0.458 e. The second kappa shape index (κ2) is 4.86. The van der Waals surface area contributed by atoms with Gasteiger partial charge in [0.1, 0.15) is 13.3 Å². The highest BCUT2D eigenvalue weighted by Crippen LogP contribution is 1.83. The summed E-state index contributed by atoms with van der Waals surface area (Å²) in [6, 6.07) is 0. The molecule has 1 amide bonds. The number of azide groups is 1. The van der Waals surface area contributed by atoms with Gasteiger partial charge in [-0.25, -0.2) is 9.18 Å². The highest BCUT2D eigenvalue weighted by molar-refractivity contribution is 5.67. The van der Waals surface area contributed by atoms with Gasteiger partial charge < -0.3 is 4.74 Å². The number of carbonyl (C=O) groups is 1. The third-order valence-corrected chi connectivity index (χ3v) is 0.429. The molecule has 0 radical (unpaired) electrons. The molecule has 0 aliphatic rings. The van der Waals surface area contributed by atoms with Crippen molar-refractivity contribution in [2.24, 2.45) is 5.11 Å². The largest absolute Gasteiger partial charge is 0.458 e. The number of hydrogen-bond acceptors (Lipinski definition) is 2. The summed E-state index contributed by atoms with van der Waals surface area (Å²) in [5.74, 6) is 0. The molecular weight excluding hydrogens is 129 g/mol. The van der Waals surface area contributed by atoms with E-state index in [0.29, 0.717) is 0 Å². The van der Waals surface area contributed by atoms with E-state index < -0.39 is 12.8 Å². The quantitative estimate of drug-likeness (QED) is 0.324. The van der Waals surface area contributed by atoms with Gasteiger partial charge in [-0.15, -0.1) is 0 Å². The Kier molecular flexibility index (Phi) is 4.16. The molecule has 0 atom stereocenters. The van der Waals surface area contributed by atoms with Crippen LogP contribution in [0.3, 0.4) is 0 Å². The average Bonchev–Trinajstić information content (AvgIpc) is 1.85. The third-order valence-electron chi connectivity index (χ3n) is 0.429. The number of alkyl halides is 1. The molecule has 0 rings (SSSR count). The van der Waals surface area contributed by atoms with Crippen molar-refractivity contribution < 1.29 is 13.9 Å². The van der Waals surface area contributed by atoms with E-state index in [1.165, 1.54) is 0 Å². The number of rotatable bonds is 2. The minimum atomic E-state index is -1.10. The normalized spacial score (nSPS) is 7.67. The predicted molar refractivity (Wildman–Crippen MR) is 26.5 cm³/mol. The number of nitrogens with zero attached hydrogens (tertiary/aromatic N) is 3. The van der Waals surface area contributed by atoms with Gasteiger partial charge in [-0.05, 0) is 5.53 Å².